The molecule has 0 saturated carbocycles. The summed E-state index contributed by atoms with van der Waals surface area (Å²) in [7, 11) is 0. The zero-order chi connectivity index (χ0) is 19.8. The van der Waals surface area contributed by atoms with Gasteiger partial charge in [-0.2, -0.15) is 0 Å². The Bertz CT molecular complexity index is 849. The number of hydrogen-bond donors (Lipinski definition) is 3. The van der Waals surface area contributed by atoms with Crippen molar-refractivity contribution in [2.45, 2.75) is 51.2 Å². The van der Waals surface area contributed by atoms with E-state index in [2.05, 4.69) is 55.9 Å². The molecule has 1 amide bonds. The minimum Gasteiger partial charge on any atom is -0.508 e. The van der Waals surface area contributed by atoms with Crippen LogP contribution in [0, 0.1) is 5.92 Å². The number of phenols is 1. The summed E-state index contributed by atoms with van der Waals surface area (Å²) in [6.45, 7) is 7.21. The molecule has 5 heteroatoms. The summed E-state index contributed by atoms with van der Waals surface area (Å²) in [5, 5.41) is 10.4. The summed E-state index contributed by atoms with van der Waals surface area (Å²) < 4.78 is 0. The van der Waals surface area contributed by atoms with Crippen LogP contribution in [0.5, 0.6) is 5.75 Å². The number of fused-ring (bicyclic) bond motifs is 1. The molecule has 28 heavy (non-hydrogen) atoms. The molecule has 0 spiro atoms. The Kier molecular flexibility index (Phi) is 5.13. The molecule has 5 nitrogen and oxygen atoms in total. The summed E-state index contributed by atoms with van der Waals surface area (Å²) in [6.07, 6.45) is 0.917. The van der Waals surface area contributed by atoms with Gasteiger partial charge in [0.1, 0.15) is 11.8 Å². The van der Waals surface area contributed by atoms with Crippen molar-refractivity contribution < 1.29 is 9.90 Å². The molecule has 0 radical (unpaired) electrons. The number of nitrogens with zero attached hydrogens (tertiary/aromatic N) is 1. The van der Waals surface area contributed by atoms with E-state index >= 15 is 0 Å². The van der Waals surface area contributed by atoms with Crippen molar-refractivity contribution in [1.82, 2.24) is 15.8 Å². The lowest BCUT2D eigenvalue weighted by Crippen LogP contribution is -2.41. The van der Waals surface area contributed by atoms with Crippen molar-refractivity contribution in [1.29, 1.82) is 0 Å². The Balaban J connectivity index is 1.75. The smallest absolute Gasteiger partial charge is 0.242 e. The van der Waals surface area contributed by atoms with Gasteiger partial charge in [0, 0.05) is 18.0 Å². The van der Waals surface area contributed by atoms with Crippen LogP contribution in [0.4, 0.5) is 0 Å². The van der Waals surface area contributed by atoms with Gasteiger partial charge in [0.2, 0.25) is 5.91 Å². The number of hydrazine groups is 1. The maximum atomic E-state index is 13.2. The highest BCUT2D eigenvalue weighted by Gasteiger charge is 2.55. The molecular formula is C23H29N3O2. The van der Waals surface area contributed by atoms with E-state index in [1.54, 1.807) is 6.07 Å². The number of para-hydroxylation sites is 1. The van der Waals surface area contributed by atoms with Crippen molar-refractivity contribution >= 4 is 5.91 Å². The van der Waals surface area contributed by atoms with E-state index in [4.69, 9.17) is 0 Å². The molecule has 2 aromatic carbocycles. The maximum Gasteiger partial charge on any atom is 0.242 e. The fraction of sp³-hybridized carbons (Fsp3) is 0.435. The van der Waals surface area contributed by atoms with Crippen LogP contribution in [0.2, 0.25) is 0 Å². The normalized spacial score (nSPS) is 26.9. The average molecular weight is 380 g/mol. The number of hydrogen-bond acceptors (Lipinski definition) is 4. The van der Waals surface area contributed by atoms with Crippen LogP contribution in [0.25, 0.3) is 0 Å². The van der Waals surface area contributed by atoms with Gasteiger partial charge < -0.3 is 10.0 Å². The fourth-order valence-electron chi connectivity index (χ4n) is 4.68. The molecule has 4 unspecified atom stereocenters. The van der Waals surface area contributed by atoms with Crippen LogP contribution in [0.1, 0.15) is 61.9 Å². The SMILES string of the molecule is CCCN1C(=O)C2NNC(c3ccccc3O)C2C1c1ccc(C(C)C)cc1. The Hall–Kier alpha value is -2.37. The standard InChI is InChI=1S/C23H29N3O2/c1-4-13-26-22(16-11-9-15(10-12-16)14(2)3)19-20(24-25-21(19)23(26)28)17-7-5-6-8-18(17)27/h5-12,14,19-22,24-25,27H,4,13H2,1-3H3. The molecular weight excluding hydrogens is 350 g/mol. The van der Waals surface area contributed by atoms with Crippen molar-refractivity contribution in [2.24, 2.45) is 5.92 Å². The number of carbonyl (C=O) groups excluding carboxylic acids is 1. The van der Waals surface area contributed by atoms with Crippen LogP contribution in [0.3, 0.4) is 0 Å². The summed E-state index contributed by atoms with van der Waals surface area (Å²) in [4.78, 5) is 15.2. The van der Waals surface area contributed by atoms with Gasteiger partial charge in [0.15, 0.2) is 0 Å². The van der Waals surface area contributed by atoms with Crippen LogP contribution in [-0.4, -0.2) is 28.5 Å². The monoisotopic (exact) mass is 379 g/mol. The van der Waals surface area contributed by atoms with Crippen molar-refractivity contribution in [3.05, 3.63) is 65.2 Å². The summed E-state index contributed by atoms with van der Waals surface area (Å²) >= 11 is 0. The molecule has 0 aliphatic carbocycles. The van der Waals surface area contributed by atoms with E-state index in [1.165, 1.54) is 5.56 Å². The Labute approximate surface area is 166 Å². The lowest BCUT2D eigenvalue weighted by molar-refractivity contribution is -0.130. The third-order valence-electron chi connectivity index (χ3n) is 6.09. The lowest BCUT2D eigenvalue weighted by atomic mass is 9.82. The van der Waals surface area contributed by atoms with Gasteiger partial charge in [-0.3, -0.25) is 4.79 Å². The number of aromatic hydroxyl groups is 1. The quantitative estimate of drug-likeness (QED) is 0.742. The molecule has 2 aliphatic heterocycles. The first kappa shape index (κ1) is 19.0. The number of likely N-dealkylation sites (tertiary alicyclic amines) is 1. The Morgan fingerprint density at radius 3 is 2.36 bits per heavy atom. The van der Waals surface area contributed by atoms with Crippen LogP contribution in [-0.2, 0) is 4.79 Å². The minimum absolute atomic E-state index is 0.0113. The van der Waals surface area contributed by atoms with Crippen LogP contribution < -0.4 is 10.9 Å². The molecule has 2 heterocycles. The molecule has 0 aromatic heterocycles. The zero-order valence-electron chi connectivity index (χ0n) is 16.7. The van der Waals surface area contributed by atoms with Crippen molar-refractivity contribution in [2.75, 3.05) is 6.54 Å². The molecule has 2 aromatic rings. The summed E-state index contributed by atoms with van der Waals surface area (Å²) in [6, 6.07) is 15.6. The highest BCUT2D eigenvalue weighted by molar-refractivity contribution is 5.86. The number of amides is 1. The van der Waals surface area contributed by atoms with Gasteiger partial charge in [0.25, 0.3) is 0 Å². The average Bonchev–Trinajstić information content (AvgIpc) is 3.22. The third kappa shape index (κ3) is 3.09. The molecule has 148 valence electrons. The Morgan fingerprint density at radius 1 is 1.04 bits per heavy atom. The Morgan fingerprint density at radius 2 is 1.71 bits per heavy atom. The van der Waals surface area contributed by atoms with E-state index in [-0.39, 0.29) is 35.7 Å². The van der Waals surface area contributed by atoms with Crippen LogP contribution in [0.15, 0.2) is 48.5 Å². The first-order valence-corrected chi connectivity index (χ1v) is 10.2. The van der Waals surface area contributed by atoms with Crippen LogP contribution >= 0.6 is 0 Å². The predicted molar refractivity (Wildman–Crippen MR) is 110 cm³/mol. The summed E-state index contributed by atoms with van der Waals surface area (Å²) in [5.41, 5.74) is 9.78. The van der Waals surface area contributed by atoms with E-state index in [0.717, 1.165) is 24.1 Å². The molecule has 0 bridgehead atoms. The first-order valence-electron chi connectivity index (χ1n) is 10.2. The van der Waals surface area contributed by atoms with Gasteiger partial charge in [-0.25, -0.2) is 10.9 Å². The molecule has 4 rings (SSSR count). The highest BCUT2D eigenvalue weighted by atomic mass is 16.3. The first-order chi connectivity index (χ1) is 13.5. The van der Waals surface area contributed by atoms with Crippen molar-refractivity contribution in [3.63, 3.8) is 0 Å². The molecule has 4 atom stereocenters. The molecule has 3 N–H and O–H groups in total. The van der Waals surface area contributed by atoms with Gasteiger partial charge in [-0.05, 0) is 29.5 Å². The second-order valence-corrected chi connectivity index (χ2v) is 8.18. The van der Waals surface area contributed by atoms with Crippen molar-refractivity contribution in [3.8, 4) is 5.75 Å². The molecule has 2 fully saturated rings. The number of benzene rings is 2. The molecule has 2 aliphatic rings. The third-order valence-corrected chi connectivity index (χ3v) is 6.09. The van der Waals surface area contributed by atoms with E-state index in [9.17, 15) is 9.90 Å². The largest absolute Gasteiger partial charge is 0.508 e. The number of carbonyl (C=O) groups is 1. The van der Waals surface area contributed by atoms with Gasteiger partial charge in [0.05, 0.1) is 12.1 Å². The number of rotatable bonds is 5. The molecule has 2 saturated heterocycles. The van der Waals surface area contributed by atoms with Gasteiger partial charge in [-0.1, -0.05) is 63.2 Å². The topological polar surface area (TPSA) is 64.6 Å². The van der Waals surface area contributed by atoms with E-state index in [0.29, 0.717) is 5.92 Å². The van der Waals surface area contributed by atoms with E-state index < -0.39 is 0 Å². The van der Waals surface area contributed by atoms with E-state index in [1.807, 2.05) is 23.1 Å². The number of nitrogens with one attached hydrogen (secondary N) is 2. The predicted octanol–water partition coefficient (Wildman–Crippen LogP) is 3.64. The maximum absolute atomic E-state index is 13.2. The van der Waals surface area contributed by atoms with Gasteiger partial charge >= 0.3 is 0 Å². The summed E-state index contributed by atoms with van der Waals surface area (Å²) in [5.74, 6) is 0.882. The second-order valence-electron chi connectivity index (χ2n) is 8.18. The fourth-order valence-corrected chi connectivity index (χ4v) is 4.68. The highest BCUT2D eigenvalue weighted by Crippen LogP contribution is 2.48. The lowest BCUT2D eigenvalue weighted by Gasteiger charge is -2.31. The zero-order valence-corrected chi connectivity index (χ0v) is 16.7. The van der Waals surface area contributed by atoms with Gasteiger partial charge in [-0.15, -0.1) is 0 Å². The second kappa shape index (κ2) is 7.57. The number of phenolic OH excluding ortho intramolecular Hbond substituents is 1. The minimum atomic E-state index is -0.286.